The zero-order valence-corrected chi connectivity index (χ0v) is 13.9. The van der Waals surface area contributed by atoms with Crippen LogP contribution in [0.4, 0.5) is 5.69 Å². The maximum atomic E-state index is 12.7. The van der Waals surface area contributed by atoms with E-state index in [1.165, 1.54) is 0 Å². The number of carbonyl (C=O) groups is 1. The standard InChI is InChI=1S/C19H25NO2/c1-5-22-14-8-6-13(7-9-14)20-12-15-16-10-11-19(4,17(15)21)18(16,2)3/h6-9,12,16,20H,5,10-11H2,1-4H3/b15-12+/t16-,19-/m0/s1. The van der Waals surface area contributed by atoms with E-state index in [4.69, 9.17) is 4.74 Å². The van der Waals surface area contributed by atoms with E-state index < -0.39 is 0 Å². The van der Waals surface area contributed by atoms with Crippen molar-refractivity contribution in [1.82, 2.24) is 0 Å². The Morgan fingerprint density at radius 1 is 1.27 bits per heavy atom. The van der Waals surface area contributed by atoms with Gasteiger partial charge in [-0.25, -0.2) is 0 Å². The number of anilines is 1. The van der Waals surface area contributed by atoms with Crippen molar-refractivity contribution in [1.29, 1.82) is 0 Å². The number of hydrogen-bond donors (Lipinski definition) is 1. The fourth-order valence-electron chi connectivity index (χ4n) is 4.07. The van der Waals surface area contributed by atoms with E-state index in [1.54, 1.807) is 0 Å². The van der Waals surface area contributed by atoms with Crippen LogP contribution in [-0.2, 0) is 4.79 Å². The minimum atomic E-state index is -0.190. The van der Waals surface area contributed by atoms with Crippen LogP contribution in [0, 0.1) is 16.7 Å². The van der Waals surface area contributed by atoms with Crippen LogP contribution in [0.15, 0.2) is 36.0 Å². The summed E-state index contributed by atoms with van der Waals surface area (Å²) >= 11 is 0. The molecule has 1 N–H and O–H groups in total. The number of nitrogens with one attached hydrogen (secondary N) is 1. The molecule has 2 aliphatic rings. The predicted molar refractivity (Wildman–Crippen MR) is 88.9 cm³/mol. The normalized spacial score (nSPS) is 30.8. The van der Waals surface area contributed by atoms with E-state index in [-0.39, 0.29) is 10.8 Å². The largest absolute Gasteiger partial charge is 0.494 e. The van der Waals surface area contributed by atoms with Crippen molar-refractivity contribution in [2.75, 3.05) is 11.9 Å². The summed E-state index contributed by atoms with van der Waals surface area (Å²) in [6.45, 7) is 9.24. The van der Waals surface area contributed by atoms with Gasteiger partial charge in [-0.1, -0.05) is 20.8 Å². The zero-order valence-electron chi connectivity index (χ0n) is 13.9. The Balaban J connectivity index is 1.78. The maximum absolute atomic E-state index is 12.7. The summed E-state index contributed by atoms with van der Waals surface area (Å²) in [5.41, 5.74) is 1.82. The first-order valence-electron chi connectivity index (χ1n) is 8.14. The number of fused-ring (bicyclic) bond motifs is 2. The smallest absolute Gasteiger partial charge is 0.167 e. The second-order valence-corrected chi connectivity index (χ2v) is 7.18. The molecule has 2 bridgehead atoms. The molecule has 0 aliphatic heterocycles. The van der Waals surface area contributed by atoms with Crippen LogP contribution in [0.5, 0.6) is 5.75 Å². The number of rotatable bonds is 4. The van der Waals surface area contributed by atoms with Crippen molar-refractivity contribution in [3.63, 3.8) is 0 Å². The average molecular weight is 299 g/mol. The molecule has 2 atom stereocenters. The minimum Gasteiger partial charge on any atom is -0.494 e. The number of hydrogen-bond acceptors (Lipinski definition) is 3. The second kappa shape index (κ2) is 5.15. The number of Topliss-reactive ketones (excluding diaryl/α,β-unsaturated/α-hetero) is 1. The van der Waals surface area contributed by atoms with Crippen LogP contribution in [-0.4, -0.2) is 12.4 Å². The van der Waals surface area contributed by atoms with Gasteiger partial charge in [-0.05, 0) is 55.4 Å². The van der Waals surface area contributed by atoms with Gasteiger partial charge >= 0.3 is 0 Å². The number of allylic oxidation sites excluding steroid dienone is 1. The molecular weight excluding hydrogens is 274 g/mol. The molecule has 0 heterocycles. The molecule has 3 rings (SSSR count). The highest BCUT2D eigenvalue weighted by atomic mass is 16.5. The Morgan fingerprint density at radius 2 is 1.95 bits per heavy atom. The van der Waals surface area contributed by atoms with E-state index in [2.05, 4.69) is 26.1 Å². The monoisotopic (exact) mass is 299 g/mol. The molecule has 0 spiro atoms. The van der Waals surface area contributed by atoms with Gasteiger partial charge in [0.15, 0.2) is 5.78 Å². The molecule has 2 aliphatic carbocycles. The van der Waals surface area contributed by atoms with Gasteiger partial charge in [-0.3, -0.25) is 4.79 Å². The van der Waals surface area contributed by atoms with E-state index in [0.717, 1.165) is 29.9 Å². The summed E-state index contributed by atoms with van der Waals surface area (Å²) < 4.78 is 5.44. The molecule has 0 radical (unpaired) electrons. The van der Waals surface area contributed by atoms with Gasteiger partial charge in [0, 0.05) is 22.9 Å². The number of carbonyl (C=O) groups excluding carboxylic acids is 1. The van der Waals surface area contributed by atoms with Crippen LogP contribution < -0.4 is 10.1 Å². The third-order valence-electron chi connectivity index (χ3n) is 5.92. The Labute approximate surface area is 132 Å². The first kappa shape index (κ1) is 15.1. The summed E-state index contributed by atoms with van der Waals surface area (Å²) in [7, 11) is 0. The first-order chi connectivity index (χ1) is 10.4. The summed E-state index contributed by atoms with van der Waals surface area (Å²) in [5.74, 6) is 1.57. The Kier molecular flexibility index (Phi) is 3.54. The Hall–Kier alpha value is -1.77. The average Bonchev–Trinajstić information content (AvgIpc) is 2.80. The Morgan fingerprint density at radius 3 is 2.50 bits per heavy atom. The van der Waals surface area contributed by atoms with Crippen molar-refractivity contribution < 1.29 is 9.53 Å². The van der Waals surface area contributed by atoms with Crippen LogP contribution in [0.25, 0.3) is 0 Å². The van der Waals surface area contributed by atoms with Crippen molar-refractivity contribution in [3.05, 3.63) is 36.0 Å². The lowest BCUT2D eigenvalue weighted by Crippen LogP contribution is -2.32. The van der Waals surface area contributed by atoms with Crippen molar-refractivity contribution >= 4 is 11.5 Å². The molecule has 118 valence electrons. The summed E-state index contributed by atoms with van der Waals surface area (Å²) in [5, 5.41) is 3.29. The molecule has 2 saturated carbocycles. The first-order valence-corrected chi connectivity index (χ1v) is 8.14. The van der Waals surface area contributed by atoms with Crippen LogP contribution in [0.1, 0.15) is 40.5 Å². The third kappa shape index (κ3) is 2.06. The number of ketones is 1. The van der Waals surface area contributed by atoms with E-state index in [0.29, 0.717) is 18.3 Å². The predicted octanol–water partition coefficient (Wildman–Crippen LogP) is 4.41. The highest BCUT2D eigenvalue weighted by molar-refractivity contribution is 6.04. The van der Waals surface area contributed by atoms with Crippen molar-refractivity contribution in [2.45, 2.75) is 40.5 Å². The van der Waals surface area contributed by atoms with E-state index in [9.17, 15) is 4.79 Å². The minimum absolute atomic E-state index is 0.0659. The number of benzene rings is 1. The van der Waals surface area contributed by atoms with Crippen LogP contribution in [0.2, 0.25) is 0 Å². The summed E-state index contributed by atoms with van der Waals surface area (Å²) in [6.07, 6.45) is 4.06. The number of ether oxygens (including phenoxy) is 1. The lowest BCUT2D eigenvalue weighted by molar-refractivity contribution is -0.125. The van der Waals surface area contributed by atoms with Crippen molar-refractivity contribution in [2.24, 2.45) is 16.7 Å². The fraction of sp³-hybridized carbons (Fsp3) is 0.526. The topological polar surface area (TPSA) is 38.3 Å². The van der Waals surface area contributed by atoms with Crippen molar-refractivity contribution in [3.8, 4) is 5.75 Å². The third-order valence-corrected chi connectivity index (χ3v) is 5.92. The van der Waals surface area contributed by atoms with Gasteiger partial charge < -0.3 is 10.1 Å². The molecule has 3 nitrogen and oxygen atoms in total. The van der Waals surface area contributed by atoms with Crippen LogP contribution in [0.3, 0.4) is 0 Å². The van der Waals surface area contributed by atoms with Gasteiger partial charge in [-0.15, -0.1) is 0 Å². The lowest BCUT2D eigenvalue weighted by Gasteiger charge is -2.31. The SMILES string of the molecule is CCOc1ccc(N/C=C2/C(=O)[C@]3(C)CC[C@@H]2C3(C)C)cc1. The molecule has 1 aromatic carbocycles. The molecule has 0 amide bonds. The molecule has 0 unspecified atom stereocenters. The Bertz CT molecular complexity index is 615. The highest BCUT2D eigenvalue weighted by Gasteiger charge is 2.63. The fourth-order valence-corrected chi connectivity index (χ4v) is 4.07. The molecule has 0 aromatic heterocycles. The van der Waals surface area contributed by atoms with E-state index in [1.807, 2.05) is 37.4 Å². The molecular formula is C19H25NO2. The highest BCUT2D eigenvalue weighted by Crippen LogP contribution is 2.65. The molecule has 3 heteroatoms. The van der Waals surface area contributed by atoms with Gasteiger partial charge in [-0.2, -0.15) is 0 Å². The van der Waals surface area contributed by atoms with Gasteiger partial charge in [0.2, 0.25) is 0 Å². The summed E-state index contributed by atoms with van der Waals surface area (Å²) in [4.78, 5) is 12.7. The van der Waals surface area contributed by atoms with E-state index >= 15 is 0 Å². The van der Waals surface area contributed by atoms with Gasteiger partial charge in [0.05, 0.1) is 6.61 Å². The van der Waals surface area contributed by atoms with Gasteiger partial charge in [0.1, 0.15) is 5.75 Å². The summed E-state index contributed by atoms with van der Waals surface area (Å²) in [6, 6.07) is 7.84. The quantitative estimate of drug-likeness (QED) is 0.837. The van der Waals surface area contributed by atoms with Crippen LogP contribution >= 0.6 is 0 Å². The molecule has 0 saturated heterocycles. The lowest BCUT2D eigenvalue weighted by atomic mass is 9.70. The molecule has 1 aromatic rings. The zero-order chi connectivity index (χ0) is 16.0. The molecule has 22 heavy (non-hydrogen) atoms. The maximum Gasteiger partial charge on any atom is 0.167 e. The van der Waals surface area contributed by atoms with Gasteiger partial charge in [0.25, 0.3) is 0 Å². The second-order valence-electron chi connectivity index (χ2n) is 7.18. The molecule has 2 fully saturated rings.